The van der Waals surface area contributed by atoms with Crippen LogP contribution in [0.25, 0.3) is 0 Å². The molecule has 132 valence electrons. The van der Waals surface area contributed by atoms with Gasteiger partial charge in [0.25, 0.3) is 0 Å². The average molecular weight is 375 g/mol. The van der Waals surface area contributed by atoms with Crippen molar-refractivity contribution in [1.29, 1.82) is 0 Å². The minimum Gasteiger partial charge on any atom is -0.468 e. The van der Waals surface area contributed by atoms with Gasteiger partial charge < -0.3 is 4.42 Å². The maximum atomic E-state index is 13.0. The van der Waals surface area contributed by atoms with E-state index in [0.29, 0.717) is 6.42 Å². The molecule has 0 aliphatic rings. The topological polar surface area (TPSA) is 93.4 Å². The highest BCUT2D eigenvalue weighted by molar-refractivity contribution is 7.92. The molecule has 0 bridgehead atoms. The summed E-state index contributed by atoms with van der Waals surface area (Å²) in [6.07, 6.45) is 1.72. The van der Waals surface area contributed by atoms with Crippen LogP contribution in [0.2, 0.25) is 0 Å². The number of hydrogen-bond donors (Lipinski definition) is 1. The minimum atomic E-state index is -3.97. The minimum absolute atomic E-state index is 0.103. The van der Waals surface area contributed by atoms with Crippen molar-refractivity contribution in [2.45, 2.75) is 23.5 Å². The van der Waals surface area contributed by atoms with Gasteiger partial charge in [-0.2, -0.15) is 0 Å². The zero-order chi connectivity index (χ0) is 17.8. The number of furan rings is 1. The number of benzene rings is 1. The number of hydrogen-bond acceptors (Lipinski definition) is 5. The van der Waals surface area contributed by atoms with Crippen molar-refractivity contribution in [1.82, 2.24) is 4.72 Å². The van der Waals surface area contributed by atoms with Gasteiger partial charge in [0, 0.05) is 6.54 Å². The molecule has 1 heterocycles. The van der Waals surface area contributed by atoms with Crippen molar-refractivity contribution < 1.29 is 25.6 Å². The molecule has 1 atom stereocenters. The van der Waals surface area contributed by atoms with Crippen molar-refractivity contribution in [2.24, 2.45) is 0 Å². The largest absolute Gasteiger partial charge is 0.468 e. The normalized spacial score (nSPS) is 13.8. The van der Waals surface area contributed by atoms with Gasteiger partial charge in [0.15, 0.2) is 9.84 Å². The van der Waals surface area contributed by atoms with Gasteiger partial charge in [-0.15, -0.1) is 0 Å². The number of rotatable bonds is 8. The van der Waals surface area contributed by atoms with Crippen LogP contribution in [0.1, 0.15) is 24.4 Å². The average Bonchev–Trinajstić information content (AvgIpc) is 3.01. The van der Waals surface area contributed by atoms with Gasteiger partial charge in [0.2, 0.25) is 10.0 Å². The van der Waals surface area contributed by atoms with Crippen LogP contribution in [-0.2, 0) is 19.9 Å². The van der Waals surface area contributed by atoms with E-state index < -0.39 is 30.9 Å². The molecular weight excluding hydrogens is 357 g/mol. The van der Waals surface area contributed by atoms with E-state index in [1.807, 2.05) is 0 Å². The predicted molar refractivity (Wildman–Crippen MR) is 87.1 cm³/mol. The van der Waals surface area contributed by atoms with Gasteiger partial charge in [0.05, 0.1) is 16.9 Å². The van der Waals surface area contributed by atoms with Crippen LogP contribution in [0, 0.1) is 5.82 Å². The number of nitrogens with one attached hydrogen (secondary N) is 1. The molecule has 2 rings (SSSR count). The Kier molecular flexibility index (Phi) is 5.79. The first-order chi connectivity index (χ1) is 11.3. The fourth-order valence-electron chi connectivity index (χ4n) is 2.17. The highest BCUT2D eigenvalue weighted by Crippen LogP contribution is 2.29. The van der Waals surface area contributed by atoms with Crippen molar-refractivity contribution in [2.75, 3.05) is 12.3 Å². The lowest BCUT2D eigenvalue weighted by molar-refractivity contribution is 0.486. The van der Waals surface area contributed by atoms with Crippen LogP contribution in [0.5, 0.6) is 0 Å². The van der Waals surface area contributed by atoms with Crippen molar-refractivity contribution in [3.05, 3.63) is 54.2 Å². The van der Waals surface area contributed by atoms with Crippen LogP contribution < -0.4 is 4.72 Å². The smallest absolute Gasteiger partial charge is 0.211 e. The van der Waals surface area contributed by atoms with E-state index in [1.54, 1.807) is 6.92 Å². The van der Waals surface area contributed by atoms with Gasteiger partial charge >= 0.3 is 0 Å². The Morgan fingerprint density at radius 3 is 2.33 bits per heavy atom. The summed E-state index contributed by atoms with van der Waals surface area (Å²) in [4.78, 5) is -0.111. The van der Waals surface area contributed by atoms with Gasteiger partial charge in [0.1, 0.15) is 16.8 Å². The second-order valence-electron chi connectivity index (χ2n) is 5.17. The van der Waals surface area contributed by atoms with Crippen LogP contribution in [0.4, 0.5) is 4.39 Å². The number of halogens is 1. The summed E-state index contributed by atoms with van der Waals surface area (Å²) in [5.74, 6) is -0.556. The third kappa shape index (κ3) is 4.43. The third-order valence-electron chi connectivity index (χ3n) is 3.34. The molecule has 1 aromatic carbocycles. The first-order valence-electron chi connectivity index (χ1n) is 7.26. The fraction of sp³-hybridized carbons (Fsp3) is 0.333. The summed E-state index contributed by atoms with van der Waals surface area (Å²) < 4.78 is 69.7. The zero-order valence-corrected chi connectivity index (χ0v) is 14.6. The molecule has 0 spiro atoms. The molecule has 0 aliphatic heterocycles. The quantitative estimate of drug-likeness (QED) is 0.715. The SMILES string of the molecule is CCCS(=O)(=O)NCC(c1ccco1)S(=O)(=O)c1ccc(F)cc1. The second-order valence-corrected chi connectivity index (χ2v) is 9.23. The molecular formula is C15H18FNO5S2. The van der Waals surface area contributed by atoms with Gasteiger partial charge in [-0.1, -0.05) is 6.92 Å². The molecule has 1 unspecified atom stereocenters. The summed E-state index contributed by atoms with van der Waals surface area (Å²) in [7, 11) is -7.55. The van der Waals surface area contributed by atoms with Crippen molar-refractivity contribution in [3.63, 3.8) is 0 Å². The Hall–Kier alpha value is -1.71. The number of sulfonamides is 1. The third-order valence-corrected chi connectivity index (χ3v) is 6.97. The van der Waals surface area contributed by atoms with E-state index >= 15 is 0 Å². The molecule has 0 aliphatic carbocycles. The lowest BCUT2D eigenvalue weighted by Gasteiger charge is -2.16. The highest BCUT2D eigenvalue weighted by atomic mass is 32.2. The molecule has 0 fully saturated rings. The standard InChI is InChI=1S/C15H18FNO5S2/c1-2-10-23(18,19)17-11-15(14-4-3-9-22-14)24(20,21)13-7-5-12(16)6-8-13/h3-9,15,17H,2,10-11H2,1H3. The van der Waals surface area contributed by atoms with Gasteiger partial charge in [-0.3, -0.25) is 0 Å². The predicted octanol–water partition coefficient (Wildman–Crippen LogP) is 2.26. The monoisotopic (exact) mass is 375 g/mol. The molecule has 6 nitrogen and oxygen atoms in total. The summed E-state index contributed by atoms with van der Waals surface area (Å²) in [5, 5.41) is -1.25. The van der Waals surface area contributed by atoms with Gasteiger partial charge in [-0.05, 0) is 42.8 Å². The van der Waals surface area contributed by atoms with E-state index in [9.17, 15) is 21.2 Å². The molecule has 0 saturated heterocycles. The number of sulfone groups is 1. The van der Waals surface area contributed by atoms with Crippen LogP contribution >= 0.6 is 0 Å². The van der Waals surface area contributed by atoms with Crippen molar-refractivity contribution >= 4 is 19.9 Å². The Bertz CT molecular complexity index is 859. The Labute approximate surface area is 140 Å². The first kappa shape index (κ1) is 18.6. The Balaban J connectivity index is 2.35. The Morgan fingerprint density at radius 2 is 1.79 bits per heavy atom. The maximum Gasteiger partial charge on any atom is 0.211 e. The maximum absolute atomic E-state index is 13.0. The summed E-state index contributed by atoms with van der Waals surface area (Å²) in [6.45, 7) is 1.34. The summed E-state index contributed by atoms with van der Waals surface area (Å²) in [5.41, 5.74) is 0. The molecule has 9 heteroatoms. The second kappa shape index (κ2) is 7.45. The van der Waals surface area contributed by atoms with E-state index in [0.717, 1.165) is 24.3 Å². The van der Waals surface area contributed by atoms with Crippen LogP contribution in [-0.4, -0.2) is 29.1 Å². The van der Waals surface area contributed by atoms with E-state index in [2.05, 4.69) is 4.72 Å². The van der Waals surface area contributed by atoms with E-state index in [-0.39, 0.29) is 23.0 Å². The van der Waals surface area contributed by atoms with Crippen LogP contribution in [0.3, 0.4) is 0 Å². The summed E-state index contributed by atoms with van der Waals surface area (Å²) >= 11 is 0. The molecule has 1 N–H and O–H groups in total. The van der Waals surface area contributed by atoms with E-state index in [1.165, 1.54) is 18.4 Å². The van der Waals surface area contributed by atoms with Gasteiger partial charge in [-0.25, -0.2) is 25.9 Å². The summed E-state index contributed by atoms with van der Waals surface area (Å²) in [6, 6.07) is 7.33. The molecule has 0 saturated carbocycles. The van der Waals surface area contributed by atoms with Crippen molar-refractivity contribution in [3.8, 4) is 0 Å². The zero-order valence-electron chi connectivity index (χ0n) is 13.0. The molecule has 0 amide bonds. The first-order valence-corrected chi connectivity index (χ1v) is 10.5. The fourth-order valence-corrected chi connectivity index (χ4v) is 4.96. The Morgan fingerprint density at radius 1 is 1.12 bits per heavy atom. The molecule has 2 aromatic rings. The lowest BCUT2D eigenvalue weighted by atomic mass is 10.3. The molecule has 1 aromatic heterocycles. The van der Waals surface area contributed by atoms with Crippen LogP contribution in [0.15, 0.2) is 52.0 Å². The molecule has 24 heavy (non-hydrogen) atoms. The highest BCUT2D eigenvalue weighted by Gasteiger charge is 2.32. The lowest BCUT2D eigenvalue weighted by Crippen LogP contribution is -2.33. The molecule has 0 radical (unpaired) electrons. The van der Waals surface area contributed by atoms with E-state index in [4.69, 9.17) is 4.42 Å².